The molecule has 2 aromatic carbocycles. The van der Waals surface area contributed by atoms with Crippen molar-refractivity contribution >= 4 is 65.0 Å². The minimum Gasteiger partial charge on any atom is -0.480 e. The van der Waals surface area contributed by atoms with E-state index in [0.29, 0.717) is 24.0 Å². The number of nitrogens with two attached hydrogens (primary N) is 3. The summed E-state index contributed by atoms with van der Waals surface area (Å²) in [5.74, 6) is -10.3. The van der Waals surface area contributed by atoms with Crippen LogP contribution in [0.15, 0.2) is 60.7 Å². The molecule has 0 aliphatic rings. The number of unbranched alkanes of at least 4 members (excludes halogenated alkanes) is 1. The lowest BCUT2D eigenvalue weighted by atomic mass is 10.0. The number of nitrogens with one attached hydrogen (secondary N) is 9. The first-order valence-corrected chi connectivity index (χ1v) is 26.7. The number of carboxylic acids is 1. The molecular formula is C54H84N12O14. The molecule has 0 aliphatic carbocycles. The molecule has 2 rings (SSSR count). The highest BCUT2D eigenvalue weighted by Gasteiger charge is 2.36. The number of aliphatic hydroxyl groups is 2. The molecule has 0 fully saturated rings. The Hall–Kier alpha value is -7.55. The van der Waals surface area contributed by atoms with Gasteiger partial charge in [-0.2, -0.15) is 0 Å². The van der Waals surface area contributed by atoms with Crippen molar-refractivity contribution < 1.29 is 68.1 Å². The van der Waals surface area contributed by atoms with E-state index >= 15 is 0 Å². The summed E-state index contributed by atoms with van der Waals surface area (Å²) in [5, 5.41) is 53.3. The Bertz CT molecular complexity index is 2380. The van der Waals surface area contributed by atoms with Gasteiger partial charge in [0.25, 0.3) is 0 Å². The average molecular weight is 1130 g/mol. The standard InChI is InChI=1S/C54H84N12O14/c1-29(2)24-38(63-48(73)37(20-14-15-23-55)61-46(71)31(5)59-49(74)40(27-35-18-12-9-13-19-35)62-47(72)36(56)21-22-42(57)69)50(75)65-44(32(6)67)52(77)58-28-43(70)60-39(26-34-16-10-8-11-17-34)51(76)66-45(33(7)68)53(78)64-41(54(79)80)25-30(3)4/h8-13,16-19,29-33,36-41,44-45,67-68H,14-15,20-28,55-56H2,1-7H3,(H2,57,69)(H,58,77)(H,59,74)(H,60,70)(H,61,71)(H,62,72)(H,63,73)(H,64,78)(H,65,75)(H,66,76)(H,79,80)/t31-,32+,33+,36-,37-,38-,39-,40-,41-,44-,45-/m0/s1. The van der Waals surface area contributed by atoms with Gasteiger partial charge in [0.15, 0.2) is 0 Å². The molecule has 80 heavy (non-hydrogen) atoms. The lowest BCUT2D eigenvalue weighted by molar-refractivity contribution is -0.143. The third-order valence-corrected chi connectivity index (χ3v) is 12.4. The van der Waals surface area contributed by atoms with Gasteiger partial charge in [-0.1, -0.05) is 88.4 Å². The van der Waals surface area contributed by atoms with Crippen LogP contribution >= 0.6 is 0 Å². The minimum atomic E-state index is -1.70. The van der Waals surface area contributed by atoms with Gasteiger partial charge < -0.3 is 80.4 Å². The van der Waals surface area contributed by atoms with Crippen LogP contribution in [-0.4, -0.2) is 160 Å². The van der Waals surface area contributed by atoms with E-state index in [4.69, 9.17) is 17.2 Å². The third-order valence-electron chi connectivity index (χ3n) is 12.4. The molecule has 18 N–H and O–H groups in total. The summed E-state index contributed by atoms with van der Waals surface area (Å²) >= 11 is 0. The summed E-state index contributed by atoms with van der Waals surface area (Å²) in [5.41, 5.74) is 18.1. The van der Waals surface area contributed by atoms with E-state index < -0.39 is 138 Å². The van der Waals surface area contributed by atoms with Crippen LogP contribution in [0.5, 0.6) is 0 Å². The Kier molecular flexibility index (Phi) is 30.1. The smallest absolute Gasteiger partial charge is 0.326 e. The van der Waals surface area contributed by atoms with Crippen LogP contribution in [0.4, 0.5) is 0 Å². The molecular weight excluding hydrogens is 1040 g/mol. The van der Waals surface area contributed by atoms with Gasteiger partial charge in [-0.15, -0.1) is 0 Å². The van der Waals surface area contributed by atoms with Crippen molar-refractivity contribution in [3.05, 3.63) is 71.8 Å². The van der Waals surface area contributed by atoms with Gasteiger partial charge in [-0.3, -0.25) is 47.9 Å². The van der Waals surface area contributed by atoms with E-state index in [9.17, 15) is 68.1 Å². The first-order valence-electron chi connectivity index (χ1n) is 26.7. The Morgan fingerprint density at radius 1 is 0.487 bits per heavy atom. The fourth-order valence-electron chi connectivity index (χ4n) is 8.03. The van der Waals surface area contributed by atoms with Crippen LogP contribution in [0, 0.1) is 11.8 Å². The molecule has 26 nitrogen and oxygen atoms in total. The van der Waals surface area contributed by atoms with Crippen molar-refractivity contribution in [1.29, 1.82) is 0 Å². The second-order valence-corrected chi connectivity index (χ2v) is 20.6. The summed E-state index contributed by atoms with van der Waals surface area (Å²) < 4.78 is 0. The molecule has 0 spiro atoms. The lowest BCUT2D eigenvalue weighted by Crippen LogP contribution is -2.61. The van der Waals surface area contributed by atoms with Crippen molar-refractivity contribution in [2.45, 2.75) is 173 Å². The molecule has 0 aliphatic heterocycles. The van der Waals surface area contributed by atoms with Crippen molar-refractivity contribution in [3.63, 3.8) is 0 Å². The fraction of sp³-hybridized carbons (Fsp3) is 0.574. The van der Waals surface area contributed by atoms with Gasteiger partial charge in [-0.25, -0.2) is 4.79 Å². The number of aliphatic carboxylic acids is 1. The van der Waals surface area contributed by atoms with Crippen LogP contribution in [0.1, 0.15) is 105 Å². The van der Waals surface area contributed by atoms with E-state index in [1.807, 2.05) is 0 Å². The predicted molar refractivity (Wildman–Crippen MR) is 294 cm³/mol. The average Bonchev–Trinajstić information content (AvgIpc) is 3.38. The zero-order valence-electron chi connectivity index (χ0n) is 46.6. The highest BCUT2D eigenvalue weighted by Crippen LogP contribution is 2.12. The number of carbonyl (C=O) groups excluding carboxylic acids is 10. The third kappa shape index (κ3) is 25.5. The highest BCUT2D eigenvalue weighted by atomic mass is 16.4. The number of rotatable bonds is 36. The maximum Gasteiger partial charge on any atom is 0.326 e. The number of carbonyl (C=O) groups is 11. The molecule has 0 saturated carbocycles. The van der Waals surface area contributed by atoms with Crippen LogP contribution in [0.3, 0.4) is 0 Å². The normalized spacial score (nSPS) is 15.3. The van der Waals surface area contributed by atoms with Gasteiger partial charge in [0, 0.05) is 19.3 Å². The van der Waals surface area contributed by atoms with Crippen molar-refractivity contribution in [2.24, 2.45) is 29.0 Å². The van der Waals surface area contributed by atoms with Gasteiger partial charge in [0.05, 0.1) is 24.8 Å². The predicted octanol–water partition coefficient (Wildman–Crippen LogP) is -2.85. The quantitative estimate of drug-likeness (QED) is 0.0305. The van der Waals surface area contributed by atoms with Crippen LogP contribution in [0.25, 0.3) is 0 Å². The molecule has 26 heteroatoms. The number of hydrogen-bond donors (Lipinski definition) is 15. The van der Waals surface area contributed by atoms with Gasteiger partial charge in [0.1, 0.15) is 48.3 Å². The Balaban J connectivity index is 2.25. The van der Waals surface area contributed by atoms with Crippen LogP contribution < -0.4 is 65.1 Å². The molecule has 444 valence electrons. The van der Waals surface area contributed by atoms with Gasteiger partial charge in [-0.05, 0) is 88.8 Å². The Morgan fingerprint density at radius 2 is 0.925 bits per heavy atom. The largest absolute Gasteiger partial charge is 0.480 e. The molecule has 0 heterocycles. The molecule has 0 saturated heterocycles. The summed E-state index contributed by atoms with van der Waals surface area (Å²) in [4.78, 5) is 146. The van der Waals surface area contributed by atoms with Crippen LogP contribution in [-0.2, 0) is 65.6 Å². The maximum atomic E-state index is 14.0. The highest BCUT2D eigenvalue weighted by molar-refractivity contribution is 5.98. The SMILES string of the molecule is CC(C)C[C@H](NC(=O)[C@@H](NC(=O)[C@H](Cc1ccccc1)NC(=O)CNC(=O)[C@@H](NC(=O)[C@H](CC(C)C)NC(=O)[C@H](CCCCN)NC(=O)[C@H](C)NC(=O)[C@H](Cc1ccccc1)NC(=O)[C@@H](N)CCC(N)=O)[C@@H](C)O)[C@@H](C)O)C(=O)O. The summed E-state index contributed by atoms with van der Waals surface area (Å²) in [6.45, 7) is 10.2. The van der Waals surface area contributed by atoms with E-state index in [-0.39, 0.29) is 63.3 Å². The molecule has 2 aromatic rings. The molecule has 11 atom stereocenters. The first-order chi connectivity index (χ1) is 37.6. The molecule has 0 radical (unpaired) electrons. The van der Waals surface area contributed by atoms with E-state index in [2.05, 4.69) is 47.9 Å². The molecule has 0 bridgehead atoms. The van der Waals surface area contributed by atoms with E-state index in [0.717, 1.165) is 0 Å². The van der Waals surface area contributed by atoms with Crippen molar-refractivity contribution in [2.75, 3.05) is 13.1 Å². The Labute approximate surface area is 466 Å². The second-order valence-electron chi connectivity index (χ2n) is 20.6. The minimum absolute atomic E-state index is 0.00272. The van der Waals surface area contributed by atoms with Gasteiger partial charge >= 0.3 is 5.97 Å². The topological polar surface area (TPSA) is 435 Å². The van der Waals surface area contributed by atoms with E-state index in [1.54, 1.807) is 88.4 Å². The number of benzene rings is 2. The number of amides is 10. The number of primary amides is 1. The lowest BCUT2D eigenvalue weighted by Gasteiger charge is -2.28. The summed E-state index contributed by atoms with van der Waals surface area (Å²) in [6.07, 6.45) is -2.57. The Morgan fingerprint density at radius 3 is 1.41 bits per heavy atom. The fourth-order valence-corrected chi connectivity index (χ4v) is 8.03. The van der Waals surface area contributed by atoms with Gasteiger partial charge in [0.2, 0.25) is 59.1 Å². The van der Waals surface area contributed by atoms with Crippen molar-refractivity contribution in [3.8, 4) is 0 Å². The molecule has 0 aromatic heterocycles. The summed E-state index contributed by atoms with van der Waals surface area (Å²) in [6, 6.07) is 4.67. The zero-order chi connectivity index (χ0) is 60.2. The van der Waals surface area contributed by atoms with E-state index in [1.165, 1.54) is 20.8 Å². The second kappa shape index (κ2) is 35.1. The number of carboxylic acid groups (broad SMARTS) is 1. The van der Waals surface area contributed by atoms with Crippen LogP contribution in [0.2, 0.25) is 0 Å². The molecule has 10 amide bonds. The maximum absolute atomic E-state index is 14.0. The van der Waals surface area contributed by atoms with Crippen molar-refractivity contribution in [1.82, 2.24) is 47.9 Å². The molecule has 0 unspecified atom stereocenters. The summed E-state index contributed by atoms with van der Waals surface area (Å²) in [7, 11) is 0. The number of hydrogen-bond acceptors (Lipinski definition) is 15. The number of aliphatic hydroxyl groups excluding tert-OH is 2. The monoisotopic (exact) mass is 1120 g/mol. The zero-order valence-corrected chi connectivity index (χ0v) is 46.6. The first kappa shape index (κ1) is 68.6.